The third-order valence-corrected chi connectivity index (χ3v) is 29.7. The van der Waals surface area contributed by atoms with E-state index in [4.69, 9.17) is 18.9 Å². The predicted octanol–water partition coefficient (Wildman–Crippen LogP) is 19.1. The predicted molar refractivity (Wildman–Crippen MR) is 535 cm³/mol. The van der Waals surface area contributed by atoms with Gasteiger partial charge in [0, 0.05) is 165 Å². The van der Waals surface area contributed by atoms with Crippen LogP contribution in [0.3, 0.4) is 0 Å². The Morgan fingerprint density at radius 3 is 1.06 bits per heavy atom. The minimum atomic E-state index is -3.06. The monoisotopic (exact) mass is 2270 g/mol. The van der Waals surface area contributed by atoms with Gasteiger partial charge in [-0.1, -0.05) is 175 Å². The number of amides is 1. The van der Waals surface area contributed by atoms with E-state index in [0.29, 0.717) is 33.6 Å². The number of piperidine rings is 5. The van der Waals surface area contributed by atoms with Gasteiger partial charge in [0.25, 0.3) is 5.91 Å². The molecule has 704 valence electrons. The number of carboxylic acids is 1. The molecular formula is C93H128Br7N6NaO19P2. The maximum Gasteiger partial charge on any atom is 1.00 e. The first-order valence-electron chi connectivity index (χ1n) is 41.0. The molecule has 5 aliphatic heterocycles. The number of ether oxygens (including phenoxy) is 4. The van der Waals surface area contributed by atoms with Gasteiger partial charge in [0.1, 0.15) is 5.78 Å². The number of esters is 4. The first-order valence-corrected chi connectivity index (χ1v) is 52.0. The molecule has 0 aliphatic carbocycles. The first kappa shape index (κ1) is 122. The van der Waals surface area contributed by atoms with Crippen LogP contribution in [0, 0.1) is 0 Å². The van der Waals surface area contributed by atoms with E-state index in [9.17, 15) is 38.1 Å². The Kier molecular flexibility index (Phi) is 62.8. The van der Waals surface area contributed by atoms with Gasteiger partial charge in [-0.2, -0.15) is 0 Å². The van der Waals surface area contributed by atoms with Gasteiger partial charge >= 0.3 is 75.6 Å². The van der Waals surface area contributed by atoms with Crippen molar-refractivity contribution in [3.05, 3.63) is 229 Å². The van der Waals surface area contributed by atoms with Gasteiger partial charge in [0.15, 0.2) is 0 Å². The number of hydrogen-bond acceptors (Lipinski definition) is 23. The average Bonchev–Trinajstić information content (AvgIpc) is 0.783. The minimum absolute atomic E-state index is 0. The summed E-state index contributed by atoms with van der Waals surface area (Å²) >= 11 is 24.0. The molecule has 5 fully saturated rings. The van der Waals surface area contributed by atoms with Gasteiger partial charge in [-0.15, -0.1) is 0 Å². The van der Waals surface area contributed by atoms with E-state index in [1.807, 2.05) is 96.9 Å². The van der Waals surface area contributed by atoms with Crippen molar-refractivity contribution >= 4 is 181 Å². The molecule has 0 spiro atoms. The van der Waals surface area contributed by atoms with E-state index in [1.165, 1.54) is 69.4 Å². The fourth-order valence-electron chi connectivity index (χ4n) is 13.2. The largest absolute Gasteiger partial charge is 1.00 e. The van der Waals surface area contributed by atoms with Crippen LogP contribution in [0.25, 0.3) is 15.0 Å². The number of carboxylic acid groups (broad SMARTS) is 1. The molecular weight excluding hydrogens is 2150 g/mol. The normalized spacial score (nSPS) is 15.3. The van der Waals surface area contributed by atoms with E-state index >= 15 is 0 Å². The van der Waals surface area contributed by atoms with Crippen molar-refractivity contribution in [2.75, 3.05) is 165 Å². The summed E-state index contributed by atoms with van der Waals surface area (Å²) in [4.78, 5) is 92.8. The van der Waals surface area contributed by atoms with Crippen molar-refractivity contribution in [2.45, 2.75) is 125 Å². The third kappa shape index (κ3) is 44.0. The number of nitrogens with zero attached hydrogens (tertiary/aromatic N) is 6. The molecule has 6 aromatic rings. The molecule has 5 aliphatic rings. The SMILES string of the molecule is BrBr.CC(C)N(C(=O)c1ccc(C(Br)=C2CCN(C)CC2)cc1)C(C)C.CN1CCC(=C(Br)c2ccc(C(=O)O)cc2)CC1.CN1CCC(=O)CC1.COC(=O)c1ccc(C(Br)C2(Br)CCN(C)CC2)cc1.COC(=O)c1ccc(C=C2CCN(C)CC2)cc1.COC(=O)c1ccc(CBr)cc1.COC(=O)c1ccc(CP(=O)(OC)OC)cc1.COP(OC)OC.[Na+].[OH-]. The molecule has 6 aromatic carbocycles. The molecule has 5 heterocycles. The molecule has 5 saturated heterocycles. The summed E-state index contributed by atoms with van der Waals surface area (Å²) in [6.45, 7) is 19.0. The molecule has 11 rings (SSSR count). The fraction of sp³-hybridized carbons (Fsp3) is 0.473. The van der Waals surface area contributed by atoms with Crippen LogP contribution in [0.15, 0.2) is 162 Å². The summed E-state index contributed by atoms with van der Waals surface area (Å²) in [6.07, 6.45) is 12.7. The zero-order valence-corrected chi connectivity index (χ0v) is 92.2. The van der Waals surface area contributed by atoms with E-state index in [1.54, 1.807) is 69.9 Å². The zero-order valence-electron chi connectivity index (χ0n) is 77.3. The molecule has 0 radical (unpaired) electrons. The molecule has 128 heavy (non-hydrogen) atoms. The first-order chi connectivity index (χ1) is 60.0. The number of rotatable bonds is 21. The average molecular weight is 2280 g/mol. The topological polar surface area (TPSA) is 289 Å². The second kappa shape index (κ2) is 66.1. The Balaban J connectivity index is 0.000000743. The summed E-state index contributed by atoms with van der Waals surface area (Å²) in [5.74, 6) is -1.64. The number of methoxy groups -OCH3 is 4. The Morgan fingerprint density at radius 2 is 0.758 bits per heavy atom. The van der Waals surface area contributed by atoms with E-state index in [-0.39, 0.29) is 86.2 Å². The van der Waals surface area contributed by atoms with Crippen LogP contribution in [-0.2, 0) is 62.4 Å². The molecule has 35 heteroatoms. The summed E-state index contributed by atoms with van der Waals surface area (Å²) in [6, 6.07) is 44.5. The number of likely N-dealkylation sites (tertiary alicyclic amines) is 5. The number of carbonyl (C=O) groups is 7. The van der Waals surface area contributed by atoms with Gasteiger partial charge in [0.2, 0.25) is 0 Å². The maximum atomic E-state index is 12.7. The van der Waals surface area contributed by atoms with Gasteiger partial charge < -0.3 is 81.5 Å². The number of Topliss-reactive ketones (excluding diaryl/α,β-unsaturated/α-hetero) is 1. The molecule has 2 N–H and O–H groups in total. The number of carbonyl (C=O) groups excluding carboxylic acids is 6. The van der Waals surface area contributed by atoms with E-state index < -0.39 is 28.1 Å². The second-order valence-corrected chi connectivity index (χ2v) is 39.0. The number of alkyl halides is 3. The second-order valence-electron chi connectivity index (χ2n) is 30.6. The Hall–Kier alpha value is -4.39. The summed E-state index contributed by atoms with van der Waals surface area (Å²) in [5.41, 5.74) is 14.1. The Bertz CT molecular complexity index is 4380. The van der Waals surface area contributed by atoms with Crippen LogP contribution in [-0.4, -0.2) is 263 Å². The van der Waals surface area contributed by atoms with Crippen LogP contribution in [0.1, 0.15) is 192 Å². The maximum absolute atomic E-state index is 12.7. The Morgan fingerprint density at radius 1 is 0.461 bits per heavy atom. The molecule has 0 aromatic heterocycles. The van der Waals surface area contributed by atoms with Crippen molar-refractivity contribution < 1.29 is 120 Å². The quantitative estimate of drug-likeness (QED) is 0.0230. The molecule has 0 saturated carbocycles. The van der Waals surface area contributed by atoms with Gasteiger partial charge in [-0.3, -0.25) is 14.2 Å². The van der Waals surface area contributed by atoms with Crippen molar-refractivity contribution in [1.82, 2.24) is 29.4 Å². The van der Waals surface area contributed by atoms with Crippen LogP contribution < -0.4 is 29.6 Å². The van der Waals surface area contributed by atoms with Crippen LogP contribution in [0.5, 0.6) is 0 Å². The summed E-state index contributed by atoms with van der Waals surface area (Å²) in [7, 11) is 19.3. The van der Waals surface area contributed by atoms with Crippen molar-refractivity contribution in [1.29, 1.82) is 0 Å². The summed E-state index contributed by atoms with van der Waals surface area (Å²) in [5, 5.41) is 9.66. The fourth-order valence-corrected chi connectivity index (χ4v) is 17.7. The molecule has 1 amide bonds. The van der Waals surface area contributed by atoms with Crippen molar-refractivity contribution in [2.24, 2.45) is 0 Å². The molecule has 0 bridgehead atoms. The third-order valence-electron chi connectivity index (χ3n) is 21.0. The Labute approximate surface area is 840 Å². The van der Waals surface area contributed by atoms with E-state index in [2.05, 4.69) is 234 Å². The number of benzene rings is 6. The smallest absolute Gasteiger partial charge is 0.870 e. The van der Waals surface area contributed by atoms with Gasteiger partial charge in [-0.25, -0.2) is 24.0 Å². The van der Waals surface area contributed by atoms with Crippen LogP contribution in [0.2, 0.25) is 0 Å². The zero-order chi connectivity index (χ0) is 94.2. The molecule has 1 unspecified atom stereocenters. The summed E-state index contributed by atoms with van der Waals surface area (Å²) < 4.78 is 56.4. The van der Waals surface area contributed by atoms with Gasteiger partial charge in [-0.05, 0) is 234 Å². The molecule has 25 nitrogen and oxygen atoms in total. The van der Waals surface area contributed by atoms with Gasteiger partial charge in [0.05, 0.1) is 67.2 Å². The van der Waals surface area contributed by atoms with Crippen molar-refractivity contribution in [3.63, 3.8) is 0 Å². The number of aromatic carboxylic acids is 1. The minimum Gasteiger partial charge on any atom is -0.870 e. The van der Waals surface area contributed by atoms with E-state index in [0.717, 1.165) is 173 Å². The van der Waals surface area contributed by atoms with Crippen molar-refractivity contribution in [3.8, 4) is 0 Å². The molecule has 1 atom stereocenters. The number of ketones is 1. The number of hydrogen-bond donors (Lipinski definition) is 1. The number of halogens is 7. The standard InChI is InChI=1S/C20H29BrN2O.C15H19Br2NO2.C15H19NO2.C14H16BrNO2.C11H15O5P.C9H9BrO2.C6H11NO.C3H9O3P.Br2.Na.H2O/c1-14(2)23(15(3)4)20(24)18-8-6-16(7-9-18)19(21)17-10-12-22(5)13-11-17;1-18-9-7-15(17,8-10-18)13(16)11-3-5-12(6-4-11)14(19)20-2;1-16-9-7-13(8-10-16)11-12-3-5-14(6-4-12)15(17)18-2;1-16-8-6-11(7-9-16)13(15)10-2-4-12(5-3-10)14(17)18;1-14-11(12)10-6-4-9(5-7-10)8-17(13,15-2)16-3;1-12-9(11)8-4-2-7(6-10)3-5-8;1-7-4-2-6(8)3-5-7;1-4-7(5-2)6-3;1-2;;/h6-9,14-15H,10-13H2,1-5H3;3-6,13H,7-10H2,1-2H3;3-6,11H,7-10H2,1-2H3;2-5H,6-9H2,1H3,(H,17,18);4-7H,8H2,1-3H3;2-5H,6H2,1H3;2-5H2,1H3;1-3H3;;;1H2/q;;;;;;;;;+1;/p-1. The van der Waals surface area contributed by atoms with Crippen LogP contribution >= 0.6 is 124 Å². The van der Waals surface area contributed by atoms with Crippen LogP contribution in [0.4, 0.5) is 0 Å².